The van der Waals surface area contributed by atoms with Gasteiger partial charge in [-0.15, -0.1) is 0 Å². The van der Waals surface area contributed by atoms with Gasteiger partial charge in [-0.25, -0.2) is 8.78 Å². The Morgan fingerprint density at radius 1 is 1.13 bits per heavy atom. The lowest BCUT2D eigenvalue weighted by Crippen LogP contribution is -2.47. The second-order valence-electron chi connectivity index (χ2n) is 7.35. The summed E-state index contributed by atoms with van der Waals surface area (Å²) in [5, 5.41) is 9.04. The Morgan fingerprint density at radius 2 is 1.70 bits per heavy atom. The zero-order valence-corrected chi connectivity index (χ0v) is 14.3. The van der Waals surface area contributed by atoms with Gasteiger partial charge < -0.3 is 10.0 Å². The van der Waals surface area contributed by atoms with Crippen LogP contribution in [0, 0.1) is 5.92 Å². The number of alkyl halides is 2. The minimum atomic E-state index is -2.53. The van der Waals surface area contributed by atoms with Crippen LogP contribution in [0.2, 0.25) is 0 Å². The molecule has 2 fully saturated rings. The molecule has 0 aromatic heterocycles. The lowest BCUT2D eigenvalue weighted by Gasteiger charge is -2.38. The van der Waals surface area contributed by atoms with Gasteiger partial charge in [0.25, 0.3) is 5.92 Å². The average molecular weight is 332 g/mol. The second kappa shape index (κ2) is 7.88. The summed E-state index contributed by atoms with van der Waals surface area (Å²) in [6.45, 7) is 6.54. The maximum Gasteiger partial charge on any atom is 0.306 e. The van der Waals surface area contributed by atoms with E-state index < -0.39 is 11.9 Å². The van der Waals surface area contributed by atoms with E-state index in [1.807, 2.05) is 11.8 Å². The van der Waals surface area contributed by atoms with Gasteiger partial charge in [-0.2, -0.15) is 0 Å². The number of nitrogens with zero attached hydrogens (tertiary/aromatic N) is 2. The van der Waals surface area contributed by atoms with Crippen LogP contribution in [0.25, 0.3) is 0 Å². The summed E-state index contributed by atoms with van der Waals surface area (Å²) in [7, 11) is 0. The van der Waals surface area contributed by atoms with E-state index in [-0.39, 0.29) is 24.9 Å². The Hall–Kier alpha value is -0.750. The van der Waals surface area contributed by atoms with Crippen LogP contribution in [0.1, 0.15) is 52.4 Å². The van der Waals surface area contributed by atoms with Gasteiger partial charge in [0.15, 0.2) is 0 Å². The predicted octanol–water partition coefficient (Wildman–Crippen LogP) is 3.07. The monoisotopic (exact) mass is 332 g/mol. The molecule has 0 amide bonds. The van der Waals surface area contributed by atoms with Gasteiger partial charge >= 0.3 is 5.97 Å². The van der Waals surface area contributed by atoms with Crippen LogP contribution in [-0.4, -0.2) is 65.1 Å². The quantitative estimate of drug-likeness (QED) is 0.812. The van der Waals surface area contributed by atoms with Crippen LogP contribution in [-0.2, 0) is 4.79 Å². The molecule has 2 rings (SSSR count). The number of halogens is 2. The number of carboxylic acids is 1. The maximum atomic E-state index is 13.5. The molecule has 2 unspecified atom stereocenters. The first kappa shape index (κ1) is 18.6. The van der Waals surface area contributed by atoms with E-state index in [4.69, 9.17) is 5.11 Å². The molecule has 2 atom stereocenters. The Balaban J connectivity index is 1.72. The summed E-state index contributed by atoms with van der Waals surface area (Å²) in [6, 6.07) is 0.567. The Bertz CT molecular complexity index is 398. The molecular formula is C17H30F2N2O2. The Labute approximate surface area is 137 Å². The summed E-state index contributed by atoms with van der Waals surface area (Å²) >= 11 is 0. The second-order valence-corrected chi connectivity index (χ2v) is 7.35. The Kier molecular flexibility index (Phi) is 6.37. The standard InChI is InChI=1S/C17H30F2N2O2/c1-13(20-10-6-15(7-11-20)16(22)23)4-5-14(2)21-9-3-8-17(18,19)12-21/h13-15H,3-12H2,1-2H3,(H,22,23). The van der Waals surface area contributed by atoms with Crippen molar-refractivity contribution in [3.05, 3.63) is 0 Å². The van der Waals surface area contributed by atoms with Crippen LogP contribution in [0.3, 0.4) is 0 Å². The minimum Gasteiger partial charge on any atom is -0.481 e. The minimum absolute atomic E-state index is 0.0190. The highest BCUT2D eigenvalue weighted by atomic mass is 19.3. The summed E-state index contributed by atoms with van der Waals surface area (Å²) in [5.74, 6) is -3.42. The van der Waals surface area contributed by atoms with Gasteiger partial charge in [0.05, 0.1) is 12.5 Å². The predicted molar refractivity (Wildman–Crippen MR) is 85.8 cm³/mol. The molecule has 0 aromatic carbocycles. The molecule has 23 heavy (non-hydrogen) atoms. The van der Waals surface area contributed by atoms with Gasteiger partial charge in [0, 0.05) is 18.5 Å². The SMILES string of the molecule is CC(CCC(C)N1CCCC(F)(F)C1)N1CCC(C(=O)O)CC1. The molecule has 2 saturated heterocycles. The molecule has 6 heteroatoms. The van der Waals surface area contributed by atoms with Gasteiger partial charge in [0.2, 0.25) is 0 Å². The molecule has 4 nitrogen and oxygen atoms in total. The maximum absolute atomic E-state index is 13.5. The molecule has 134 valence electrons. The van der Waals surface area contributed by atoms with Crippen molar-refractivity contribution in [1.82, 2.24) is 9.80 Å². The molecule has 2 aliphatic heterocycles. The first-order chi connectivity index (χ1) is 10.8. The largest absolute Gasteiger partial charge is 0.481 e. The van der Waals surface area contributed by atoms with Gasteiger partial charge in [-0.05, 0) is 65.6 Å². The van der Waals surface area contributed by atoms with Crippen molar-refractivity contribution in [1.29, 1.82) is 0 Å². The van der Waals surface area contributed by atoms with Crippen LogP contribution in [0.5, 0.6) is 0 Å². The number of carboxylic acid groups (broad SMARTS) is 1. The van der Waals surface area contributed by atoms with E-state index in [0.717, 1.165) is 32.5 Å². The molecule has 2 aliphatic rings. The van der Waals surface area contributed by atoms with Crippen LogP contribution >= 0.6 is 0 Å². The van der Waals surface area contributed by atoms with E-state index in [1.165, 1.54) is 0 Å². The van der Waals surface area contributed by atoms with Gasteiger partial charge in [-0.1, -0.05) is 0 Å². The molecule has 0 spiro atoms. The smallest absolute Gasteiger partial charge is 0.306 e. The molecular weight excluding hydrogens is 302 g/mol. The molecule has 1 N–H and O–H groups in total. The first-order valence-electron chi connectivity index (χ1n) is 8.87. The van der Waals surface area contributed by atoms with Crippen molar-refractivity contribution in [3.63, 3.8) is 0 Å². The normalized spacial score (nSPS) is 26.8. The van der Waals surface area contributed by atoms with Crippen molar-refractivity contribution < 1.29 is 18.7 Å². The van der Waals surface area contributed by atoms with Crippen molar-refractivity contribution >= 4 is 5.97 Å². The fourth-order valence-corrected chi connectivity index (χ4v) is 3.81. The number of aliphatic carboxylic acids is 1. The number of hydrogen-bond donors (Lipinski definition) is 1. The van der Waals surface area contributed by atoms with Gasteiger partial charge in [0.1, 0.15) is 0 Å². The number of hydrogen-bond acceptors (Lipinski definition) is 3. The van der Waals surface area contributed by atoms with E-state index in [9.17, 15) is 13.6 Å². The van der Waals surface area contributed by atoms with E-state index in [1.54, 1.807) is 0 Å². The third-order valence-corrected chi connectivity index (χ3v) is 5.55. The molecule has 0 saturated carbocycles. The number of piperidine rings is 2. The van der Waals surface area contributed by atoms with E-state index in [2.05, 4.69) is 11.8 Å². The highest BCUT2D eigenvalue weighted by molar-refractivity contribution is 5.70. The van der Waals surface area contributed by atoms with Crippen LogP contribution in [0.4, 0.5) is 8.78 Å². The van der Waals surface area contributed by atoms with E-state index >= 15 is 0 Å². The molecule has 0 radical (unpaired) electrons. The summed E-state index contributed by atoms with van der Waals surface area (Å²) in [4.78, 5) is 15.3. The number of rotatable bonds is 6. The summed E-state index contributed by atoms with van der Waals surface area (Å²) in [5.41, 5.74) is 0. The van der Waals surface area contributed by atoms with Gasteiger partial charge in [-0.3, -0.25) is 9.69 Å². The highest BCUT2D eigenvalue weighted by Gasteiger charge is 2.36. The van der Waals surface area contributed by atoms with Crippen LogP contribution in [0.15, 0.2) is 0 Å². The topological polar surface area (TPSA) is 43.8 Å². The zero-order chi connectivity index (χ0) is 17.0. The van der Waals surface area contributed by atoms with Crippen molar-refractivity contribution in [2.75, 3.05) is 26.2 Å². The summed E-state index contributed by atoms with van der Waals surface area (Å²) < 4.78 is 27.0. The molecule has 0 bridgehead atoms. The molecule has 2 heterocycles. The zero-order valence-electron chi connectivity index (χ0n) is 14.3. The third-order valence-electron chi connectivity index (χ3n) is 5.55. The Morgan fingerprint density at radius 3 is 2.22 bits per heavy atom. The van der Waals surface area contributed by atoms with Crippen molar-refractivity contribution in [2.45, 2.75) is 70.4 Å². The van der Waals surface area contributed by atoms with Crippen molar-refractivity contribution in [2.24, 2.45) is 5.92 Å². The lowest BCUT2D eigenvalue weighted by atomic mass is 9.95. The fourth-order valence-electron chi connectivity index (χ4n) is 3.81. The molecule has 0 aliphatic carbocycles. The number of carbonyl (C=O) groups is 1. The van der Waals surface area contributed by atoms with Crippen molar-refractivity contribution in [3.8, 4) is 0 Å². The third kappa shape index (κ3) is 5.38. The molecule has 0 aromatic rings. The van der Waals surface area contributed by atoms with Crippen LogP contribution < -0.4 is 0 Å². The van der Waals surface area contributed by atoms with E-state index in [0.29, 0.717) is 25.3 Å². The highest BCUT2D eigenvalue weighted by Crippen LogP contribution is 2.29. The fraction of sp³-hybridized carbons (Fsp3) is 0.941. The first-order valence-corrected chi connectivity index (χ1v) is 8.87. The number of likely N-dealkylation sites (tertiary alicyclic amines) is 2. The lowest BCUT2D eigenvalue weighted by molar-refractivity contribution is -0.143. The average Bonchev–Trinajstić information content (AvgIpc) is 2.51. The summed E-state index contributed by atoms with van der Waals surface area (Å²) in [6.07, 6.45) is 3.92.